The minimum Gasteiger partial charge on any atom is -0.478 e. The van der Waals surface area contributed by atoms with Crippen LogP contribution in [0.25, 0.3) is 27.8 Å². The van der Waals surface area contributed by atoms with E-state index in [9.17, 15) is 14.7 Å². The lowest BCUT2D eigenvalue weighted by molar-refractivity contribution is 0.0697. The van der Waals surface area contributed by atoms with Crippen LogP contribution in [-0.4, -0.2) is 25.0 Å². The first kappa shape index (κ1) is 21.4. The van der Waals surface area contributed by atoms with Gasteiger partial charge in [-0.15, -0.1) is 0 Å². The number of carboxylic acids is 1. The van der Waals surface area contributed by atoms with Crippen molar-refractivity contribution in [1.82, 2.24) is 14.0 Å². The molecule has 0 unspecified atom stereocenters. The monoisotopic (exact) mass is 477 g/mol. The van der Waals surface area contributed by atoms with Gasteiger partial charge < -0.3 is 9.67 Å². The van der Waals surface area contributed by atoms with Gasteiger partial charge in [-0.3, -0.25) is 4.79 Å². The van der Waals surface area contributed by atoms with Crippen molar-refractivity contribution in [3.05, 3.63) is 89.9 Å². The Hall–Kier alpha value is -3.42. The Labute approximate surface area is 198 Å². The van der Waals surface area contributed by atoms with E-state index in [4.69, 9.17) is 11.6 Å². The molecule has 5 rings (SSSR count). The Kier molecular flexibility index (Phi) is 4.92. The number of rotatable bonds is 3. The molecular weight excluding hydrogens is 458 g/mol. The van der Waals surface area contributed by atoms with Crippen molar-refractivity contribution in [2.45, 2.75) is 27.7 Å². The quantitative estimate of drug-likeness (QED) is 0.403. The lowest BCUT2D eigenvalue weighted by Gasteiger charge is -2.11. The van der Waals surface area contributed by atoms with E-state index < -0.39 is 5.97 Å². The van der Waals surface area contributed by atoms with E-state index in [0.29, 0.717) is 9.49 Å². The number of aromatic carboxylic acids is 1. The molecule has 0 aliphatic rings. The van der Waals surface area contributed by atoms with Crippen LogP contribution in [0, 0.1) is 27.7 Å². The first-order valence-electron chi connectivity index (χ1n) is 10.3. The van der Waals surface area contributed by atoms with Crippen LogP contribution in [0.15, 0.2) is 41.2 Å². The zero-order valence-electron chi connectivity index (χ0n) is 18.4. The number of carbonyl (C=O) groups is 1. The summed E-state index contributed by atoms with van der Waals surface area (Å²) >= 11 is 7.56. The fourth-order valence-corrected chi connectivity index (χ4v) is 5.44. The first-order chi connectivity index (χ1) is 15.7. The third-order valence-corrected chi connectivity index (χ3v) is 7.33. The summed E-state index contributed by atoms with van der Waals surface area (Å²) in [4.78, 5) is 29.9. The maximum atomic E-state index is 13.2. The third kappa shape index (κ3) is 3.35. The number of thiazole rings is 1. The van der Waals surface area contributed by atoms with Gasteiger partial charge in [0.1, 0.15) is 0 Å². The molecule has 0 fully saturated rings. The lowest BCUT2D eigenvalue weighted by Crippen LogP contribution is -2.22. The van der Waals surface area contributed by atoms with Gasteiger partial charge in [0.25, 0.3) is 5.56 Å². The normalized spacial score (nSPS) is 12.3. The summed E-state index contributed by atoms with van der Waals surface area (Å²) in [6, 6.07) is 10.9. The summed E-state index contributed by atoms with van der Waals surface area (Å²) in [5, 5.41) is 9.41. The van der Waals surface area contributed by atoms with E-state index in [2.05, 4.69) is 4.98 Å². The van der Waals surface area contributed by atoms with Crippen molar-refractivity contribution in [2.75, 3.05) is 0 Å². The second kappa shape index (κ2) is 7.57. The Balaban J connectivity index is 1.66. The lowest BCUT2D eigenvalue weighted by atomic mass is 10.1. The average Bonchev–Trinajstić information content (AvgIpc) is 3.33. The largest absolute Gasteiger partial charge is 0.478 e. The van der Waals surface area contributed by atoms with Gasteiger partial charge in [0.2, 0.25) is 0 Å². The number of halogens is 1. The van der Waals surface area contributed by atoms with Gasteiger partial charge in [0, 0.05) is 17.1 Å². The number of imidazole rings is 1. The van der Waals surface area contributed by atoms with Crippen molar-refractivity contribution in [1.29, 1.82) is 0 Å². The predicted molar refractivity (Wildman–Crippen MR) is 132 cm³/mol. The number of hydrogen-bond acceptors (Lipinski definition) is 4. The summed E-state index contributed by atoms with van der Waals surface area (Å²) in [6.07, 6.45) is 1.89. The highest BCUT2D eigenvalue weighted by molar-refractivity contribution is 7.15. The zero-order chi connectivity index (χ0) is 23.6. The van der Waals surface area contributed by atoms with Crippen molar-refractivity contribution < 1.29 is 9.90 Å². The molecule has 0 atom stereocenters. The summed E-state index contributed by atoms with van der Waals surface area (Å²) < 4.78 is 4.28. The molecule has 8 heteroatoms. The van der Waals surface area contributed by atoms with Gasteiger partial charge in [-0.25, -0.2) is 14.2 Å². The number of aryl methyl sites for hydroxylation is 3. The Morgan fingerprint density at radius 3 is 2.52 bits per heavy atom. The topological polar surface area (TPSA) is 76.6 Å². The summed E-state index contributed by atoms with van der Waals surface area (Å²) in [6.45, 7) is 7.99. The van der Waals surface area contributed by atoms with Crippen LogP contribution in [-0.2, 0) is 0 Å². The van der Waals surface area contributed by atoms with Crippen LogP contribution < -0.4 is 10.1 Å². The molecule has 33 heavy (non-hydrogen) atoms. The van der Waals surface area contributed by atoms with Crippen LogP contribution in [0.2, 0.25) is 5.02 Å². The summed E-state index contributed by atoms with van der Waals surface area (Å²) in [5.41, 5.74) is 7.44. The fourth-order valence-electron chi connectivity index (χ4n) is 4.21. The minimum absolute atomic E-state index is 0.0604. The zero-order valence-corrected chi connectivity index (χ0v) is 20.0. The first-order valence-corrected chi connectivity index (χ1v) is 11.5. The molecule has 1 N–H and O–H groups in total. The van der Waals surface area contributed by atoms with Gasteiger partial charge in [-0.1, -0.05) is 22.9 Å². The van der Waals surface area contributed by atoms with Gasteiger partial charge in [0.15, 0.2) is 4.96 Å². The molecule has 0 bridgehead atoms. The molecule has 5 aromatic rings. The fraction of sp³-hybridized carbons (Fsp3) is 0.160. The van der Waals surface area contributed by atoms with Crippen LogP contribution in [0.1, 0.15) is 38.4 Å². The van der Waals surface area contributed by atoms with Crippen LogP contribution in [0.5, 0.6) is 0 Å². The highest BCUT2D eigenvalue weighted by atomic mass is 35.5. The van der Waals surface area contributed by atoms with Crippen LogP contribution in [0.4, 0.5) is 0 Å². The molecule has 3 heterocycles. The highest BCUT2D eigenvalue weighted by Gasteiger charge is 2.16. The molecule has 166 valence electrons. The number of aromatic nitrogens is 3. The van der Waals surface area contributed by atoms with Gasteiger partial charge in [-0.05, 0) is 86.9 Å². The van der Waals surface area contributed by atoms with Crippen molar-refractivity contribution >= 4 is 51.0 Å². The highest BCUT2D eigenvalue weighted by Crippen LogP contribution is 2.26. The van der Waals surface area contributed by atoms with E-state index in [1.54, 1.807) is 16.5 Å². The molecule has 0 amide bonds. The van der Waals surface area contributed by atoms with Crippen molar-refractivity contribution in [3.63, 3.8) is 0 Å². The molecule has 0 saturated carbocycles. The van der Waals surface area contributed by atoms with E-state index >= 15 is 0 Å². The smallest absolute Gasteiger partial charge is 0.337 e. The number of benzene rings is 2. The molecule has 2 aromatic carbocycles. The molecular formula is C25H20ClN3O3S. The van der Waals surface area contributed by atoms with Gasteiger partial charge in [-0.2, -0.15) is 0 Å². The molecule has 6 nitrogen and oxygen atoms in total. The van der Waals surface area contributed by atoms with Gasteiger partial charge in [0.05, 0.1) is 26.2 Å². The number of nitrogens with zero attached hydrogens (tertiary/aromatic N) is 3. The molecule has 3 aromatic heterocycles. The molecule has 0 saturated heterocycles. The summed E-state index contributed by atoms with van der Waals surface area (Å²) in [7, 11) is 0. The standard InChI is InChI=1S/C25H20ClN3O3S/c1-12-7-20-21(8-13(12)2)29-23(30)22(33-25(29)27-20)10-16-9-14(3)28(15(16)4)17-5-6-18(24(31)32)19(26)11-17/h5-11H,1-4H3,(H,31,32)/b22-10-. The number of carboxylic acid groups (broad SMARTS) is 1. The Morgan fingerprint density at radius 2 is 1.82 bits per heavy atom. The third-order valence-electron chi connectivity index (χ3n) is 6.05. The summed E-state index contributed by atoms with van der Waals surface area (Å²) in [5.74, 6) is -1.06. The SMILES string of the molecule is Cc1cc2nc3s/c(=C\c4cc(C)n(-c5ccc(C(=O)O)c(Cl)c5)c4C)c(=O)n3c2cc1C. The van der Waals surface area contributed by atoms with E-state index in [0.717, 1.165) is 44.8 Å². The number of hydrogen-bond donors (Lipinski definition) is 1. The Morgan fingerprint density at radius 1 is 1.09 bits per heavy atom. The van der Waals surface area contributed by atoms with E-state index in [1.807, 2.05) is 56.5 Å². The molecule has 0 spiro atoms. The molecule has 0 aliphatic carbocycles. The van der Waals surface area contributed by atoms with Crippen LogP contribution >= 0.6 is 22.9 Å². The maximum Gasteiger partial charge on any atom is 0.337 e. The number of fused-ring (bicyclic) bond motifs is 3. The van der Waals surface area contributed by atoms with Crippen molar-refractivity contribution in [2.24, 2.45) is 0 Å². The van der Waals surface area contributed by atoms with Gasteiger partial charge >= 0.3 is 5.97 Å². The predicted octanol–water partition coefficient (Wildman–Crippen LogP) is 4.83. The molecule has 0 radical (unpaired) electrons. The average molecular weight is 478 g/mol. The second-order valence-corrected chi connectivity index (χ2v) is 9.62. The second-order valence-electron chi connectivity index (χ2n) is 8.20. The maximum absolute atomic E-state index is 13.2. The van der Waals surface area contributed by atoms with E-state index in [-0.39, 0.29) is 16.1 Å². The minimum atomic E-state index is -1.06. The molecule has 0 aliphatic heterocycles. The Bertz CT molecular complexity index is 1730. The van der Waals surface area contributed by atoms with Crippen LogP contribution in [0.3, 0.4) is 0 Å². The van der Waals surface area contributed by atoms with Crippen molar-refractivity contribution in [3.8, 4) is 5.69 Å². The van der Waals surface area contributed by atoms with E-state index in [1.165, 1.54) is 17.4 Å².